The Morgan fingerprint density at radius 2 is 1.59 bits per heavy atom. The summed E-state index contributed by atoms with van der Waals surface area (Å²) in [4.78, 5) is 10.9. The Labute approximate surface area is 108 Å². The minimum absolute atomic E-state index is 0.154. The summed E-state index contributed by atoms with van der Waals surface area (Å²) in [7, 11) is 3.70. The minimum Gasteiger partial charge on any atom is -0.258 e. The van der Waals surface area contributed by atoms with Crippen molar-refractivity contribution in [3.05, 3.63) is 34.4 Å². The second-order valence-electron chi connectivity index (χ2n) is 2.63. The van der Waals surface area contributed by atoms with Crippen molar-refractivity contribution in [3.8, 4) is 0 Å². The lowest BCUT2D eigenvalue weighted by atomic mass is 10.3. The van der Waals surface area contributed by atoms with Crippen molar-refractivity contribution in [2.24, 2.45) is 0 Å². The first-order valence-electron chi connectivity index (χ1n) is 5.70. The normalized spacial score (nSPS) is 8.65. The summed E-state index contributed by atoms with van der Waals surface area (Å²) in [5, 5.41) is 10.6. The first kappa shape index (κ1) is 18.3. The van der Waals surface area contributed by atoms with Crippen molar-refractivity contribution >= 4 is 17.6 Å². The monoisotopic (exact) mass is 258 g/mol. The van der Waals surface area contributed by atoms with Gasteiger partial charge in [-0.1, -0.05) is 39.8 Å². The van der Waals surface area contributed by atoms with Crippen molar-refractivity contribution in [1.82, 2.24) is 4.31 Å². The SMILES string of the molecule is CC.CC.CN(C)Sc1ccccc1[N+](=O)[O-]. The molecule has 0 unspecified atom stereocenters. The molecule has 0 spiro atoms. The van der Waals surface area contributed by atoms with Gasteiger partial charge in [0.25, 0.3) is 5.69 Å². The van der Waals surface area contributed by atoms with Gasteiger partial charge in [-0.05, 0) is 32.1 Å². The summed E-state index contributed by atoms with van der Waals surface area (Å²) in [5.74, 6) is 0. The lowest BCUT2D eigenvalue weighted by Crippen LogP contribution is -2.00. The minimum atomic E-state index is -0.369. The molecule has 17 heavy (non-hydrogen) atoms. The van der Waals surface area contributed by atoms with E-state index in [2.05, 4.69) is 0 Å². The summed E-state index contributed by atoms with van der Waals surface area (Å²) in [5.41, 5.74) is 0.154. The summed E-state index contributed by atoms with van der Waals surface area (Å²) in [6.07, 6.45) is 0. The average Bonchev–Trinajstić information content (AvgIpc) is 2.34. The Balaban J connectivity index is 0. The highest BCUT2D eigenvalue weighted by Gasteiger charge is 2.12. The molecule has 0 heterocycles. The lowest BCUT2D eigenvalue weighted by molar-refractivity contribution is -0.387. The van der Waals surface area contributed by atoms with Crippen LogP contribution in [0.5, 0.6) is 0 Å². The number of rotatable bonds is 3. The van der Waals surface area contributed by atoms with E-state index in [-0.39, 0.29) is 10.6 Å². The first-order chi connectivity index (χ1) is 8.11. The van der Waals surface area contributed by atoms with Crippen LogP contribution in [0.1, 0.15) is 27.7 Å². The van der Waals surface area contributed by atoms with Gasteiger partial charge in [-0.3, -0.25) is 14.4 Å². The Kier molecular flexibility index (Phi) is 12.3. The van der Waals surface area contributed by atoms with Crippen LogP contribution < -0.4 is 0 Å². The summed E-state index contributed by atoms with van der Waals surface area (Å²) < 4.78 is 1.82. The summed E-state index contributed by atoms with van der Waals surface area (Å²) in [6.45, 7) is 8.00. The number of para-hydroxylation sites is 1. The second-order valence-corrected chi connectivity index (χ2v) is 3.98. The summed E-state index contributed by atoms with van der Waals surface area (Å²) in [6, 6.07) is 6.70. The van der Waals surface area contributed by atoms with Crippen LogP contribution in [0.4, 0.5) is 5.69 Å². The zero-order chi connectivity index (χ0) is 13.8. The molecule has 0 bridgehead atoms. The standard InChI is InChI=1S/C8H10N2O2S.2C2H6/c1-9(2)13-8-6-4-3-5-7(8)10(11)12;2*1-2/h3-6H,1-2H3;2*1-2H3. The van der Waals surface area contributed by atoms with Gasteiger partial charge in [-0.2, -0.15) is 0 Å². The molecule has 4 nitrogen and oxygen atoms in total. The third-order valence-corrected chi connectivity index (χ3v) is 2.25. The molecule has 0 amide bonds. The van der Waals surface area contributed by atoms with Crippen molar-refractivity contribution in [3.63, 3.8) is 0 Å². The molecule has 5 heteroatoms. The largest absolute Gasteiger partial charge is 0.284 e. The zero-order valence-electron chi connectivity index (χ0n) is 11.4. The van der Waals surface area contributed by atoms with Crippen LogP contribution in [0.2, 0.25) is 0 Å². The third-order valence-electron chi connectivity index (χ3n) is 1.34. The van der Waals surface area contributed by atoms with E-state index in [4.69, 9.17) is 0 Å². The predicted octanol–water partition coefficient (Wildman–Crippen LogP) is 4.22. The quantitative estimate of drug-likeness (QED) is 0.463. The maximum Gasteiger partial charge on any atom is 0.284 e. The van der Waals surface area contributed by atoms with Gasteiger partial charge >= 0.3 is 0 Å². The van der Waals surface area contributed by atoms with Gasteiger partial charge in [-0.15, -0.1) is 0 Å². The average molecular weight is 258 g/mol. The molecule has 1 rings (SSSR count). The fourth-order valence-corrected chi connectivity index (χ4v) is 1.65. The van der Waals surface area contributed by atoms with E-state index in [1.54, 1.807) is 18.2 Å². The first-order valence-corrected chi connectivity index (χ1v) is 6.47. The van der Waals surface area contributed by atoms with Gasteiger partial charge in [0.2, 0.25) is 0 Å². The van der Waals surface area contributed by atoms with Crippen LogP contribution in [0.15, 0.2) is 29.2 Å². The number of hydrogen-bond acceptors (Lipinski definition) is 4. The van der Waals surface area contributed by atoms with Gasteiger partial charge in [0.15, 0.2) is 0 Å². The van der Waals surface area contributed by atoms with E-state index in [0.29, 0.717) is 4.90 Å². The predicted molar refractivity (Wildman–Crippen MR) is 75.3 cm³/mol. The van der Waals surface area contributed by atoms with E-state index >= 15 is 0 Å². The molecule has 0 N–H and O–H groups in total. The molecule has 0 fully saturated rings. The van der Waals surface area contributed by atoms with Gasteiger partial charge < -0.3 is 0 Å². The molecule has 0 aliphatic carbocycles. The molecule has 0 atom stereocenters. The second kappa shape index (κ2) is 11.4. The Morgan fingerprint density at radius 3 is 2.00 bits per heavy atom. The molecule has 0 saturated carbocycles. The molecule has 98 valence electrons. The van der Waals surface area contributed by atoms with E-state index in [9.17, 15) is 10.1 Å². The molecule has 0 aromatic heterocycles. The third kappa shape index (κ3) is 7.76. The lowest BCUT2D eigenvalue weighted by Gasteiger charge is -2.07. The van der Waals surface area contributed by atoms with Crippen molar-refractivity contribution in [2.45, 2.75) is 32.6 Å². The maximum absolute atomic E-state index is 10.6. The topological polar surface area (TPSA) is 46.4 Å². The number of hydrogen-bond donors (Lipinski definition) is 0. The molecule has 1 aromatic carbocycles. The number of nitro benzene ring substituents is 1. The van der Waals surface area contributed by atoms with Gasteiger partial charge in [0.05, 0.1) is 4.92 Å². The van der Waals surface area contributed by atoms with Crippen LogP contribution in [0.3, 0.4) is 0 Å². The van der Waals surface area contributed by atoms with E-state index in [0.717, 1.165) is 0 Å². The van der Waals surface area contributed by atoms with Gasteiger partial charge in [0.1, 0.15) is 4.90 Å². The van der Waals surface area contributed by atoms with Gasteiger partial charge in [0, 0.05) is 6.07 Å². The van der Waals surface area contributed by atoms with Crippen LogP contribution in [0.25, 0.3) is 0 Å². The Morgan fingerprint density at radius 1 is 1.12 bits per heavy atom. The smallest absolute Gasteiger partial charge is 0.258 e. The molecule has 0 radical (unpaired) electrons. The maximum atomic E-state index is 10.6. The van der Waals surface area contributed by atoms with Crippen LogP contribution in [0, 0.1) is 10.1 Å². The fraction of sp³-hybridized carbons (Fsp3) is 0.500. The number of benzene rings is 1. The molecule has 1 aromatic rings. The Hall–Kier alpha value is -1.07. The fourth-order valence-electron chi connectivity index (χ4n) is 0.882. The van der Waals surface area contributed by atoms with Crippen molar-refractivity contribution in [1.29, 1.82) is 0 Å². The van der Waals surface area contributed by atoms with Gasteiger partial charge in [-0.25, -0.2) is 0 Å². The Bertz CT molecular complexity index is 317. The highest BCUT2D eigenvalue weighted by Crippen LogP contribution is 2.29. The van der Waals surface area contributed by atoms with Crippen LogP contribution in [-0.4, -0.2) is 23.3 Å². The number of nitrogens with zero attached hydrogens (tertiary/aromatic N) is 2. The van der Waals surface area contributed by atoms with E-state index in [1.807, 2.05) is 46.1 Å². The zero-order valence-corrected chi connectivity index (χ0v) is 12.2. The van der Waals surface area contributed by atoms with E-state index < -0.39 is 0 Å². The van der Waals surface area contributed by atoms with Crippen molar-refractivity contribution < 1.29 is 4.92 Å². The van der Waals surface area contributed by atoms with Crippen molar-refractivity contribution in [2.75, 3.05) is 14.1 Å². The number of nitro groups is 1. The molecule has 0 aliphatic heterocycles. The summed E-state index contributed by atoms with van der Waals surface area (Å²) >= 11 is 1.35. The highest BCUT2D eigenvalue weighted by atomic mass is 32.2. The molecule has 0 saturated heterocycles. The molecular weight excluding hydrogens is 236 g/mol. The molecule has 0 aliphatic rings. The van der Waals surface area contributed by atoms with Crippen LogP contribution in [-0.2, 0) is 0 Å². The van der Waals surface area contributed by atoms with E-state index in [1.165, 1.54) is 18.0 Å². The highest BCUT2D eigenvalue weighted by molar-refractivity contribution is 7.97. The van der Waals surface area contributed by atoms with Crippen LogP contribution >= 0.6 is 11.9 Å². The molecular formula is C12H22N2O2S.